The van der Waals surface area contributed by atoms with E-state index < -0.39 is 39.3 Å². The molecule has 4 rings (SSSR count). The molecule has 10 nitrogen and oxygen atoms in total. The van der Waals surface area contributed by atoms with Gasteiger partial charge in [0.25, 0.3) is 15.7 Å². The van der Waals surface area contributed by atoms with Gasteiger partial charge in [0, 0.05) is 36.7 Å². The average molecular weight is 663 g/mol. The van der Waals surface area contributed by atoms with Crippen molar-refractivity contribution in [3.8, 4) is 0 Å². The Morgan fingerprint density at radius 1 is 0.870 bits per heavy atom. The first-order chi connectivity index (χ1) is 22.0. The van der Waals surface area contributed by atoms with Crippen LogP contribution in [0.15, 0.2) is 114 Å². The van der Waals surface area contributed by atoms with Gasteiger partial charge in [-0.1, -0.05) is 92.2 Å². The molecular formula is C34H35ClN4O6S. The molecule has 0 aromatic heterocycles. The van der Waals surface area contributed by atoms with Crippen LogP contribution in [-0.4, -0.2) is 49.2 Å². The van der Waals surface area contributed by atoms with E-state index in [-0.39, 0.29) is 35.2 Å². The zero-order valence-corrected chi connectivity index (χ0v) is 27.0. The number of nitro groups is 1. The van der Waals surface area contributed by atoms with Crippen molar-refractivity contribution in [1.82, 2.24) is 10.2 Å². The fraction of sp³-hybridized carbons (Fsp3) is 0.235. The van der Waals surface area contributed by atoms with E-state index in [1.807, 2.05) is 44.2 Å². The number of non-ortho nitro benzene ring substituents is 1. The minimum Gasteiger partial charge on any atom is -0.354 e. The third-order valence-corrected chi connectivity index (χ3v) is 9.37. The minimum atomic E-state index is -4.33. The van der Waals surface area contributed by atoms with Crippen LogP contribution in [0.3, 0.4) is 0 Å². The third-order valence-electron chi connectivity index (χ3n) is 7.21. The van der Waals surface area contributed by atoms with Crippen LogP contribution in [0.2, 0.25) is 5.02 Å². The molecule has 4 aromatic carbocycles. The highest BCUT2D eigenvalue weighted by molar-refractivity contribution is 7.92. The summed E-state index contributed by atoms with van der Waals surface area (Å²) in [4.78, 5) is 40.3. The number of benzene rings is 4. The summed E-state index contributed by atoms with van der Waals surface area (Å²) in [5, 5.41) is 14.6. The number of nitro benzene ring substituents is 1. The number of hydrogen-bond donors (Lipinski definition) is 1. The summed E-state index contributed by atoms with van der Waals surface area (Å²) in [6, 6.07) is 27.6. The van der Waals surface area contributed by atoms with E-state index >= 15 is 0 Å². The van der Waals surface area contributed by atoms with E-state index in [2.05, 4.69) is 5.32 Å². The first kappa shape index (κ1) is 34.1. The predicted octanol–water partition coefficient (Wildman–Crippen LogP) is 5.86. The molecule has 0 heterocycles. The summed E-state index contributed by atoms with van der Waals surface area (Å²) in [6.45, 7) is 3.51. The monoisotopic (exact) mass is 662 g/mol. The number of rotatable bonds is 14. The predicted molar refractivity (Wildman–Crippen MR) is 178 cm³/mol. The van der Waals surface area contributed by atoms with Crippen LogP contribution < -0.4 is 9.62 Å². The molecule has 0 radical (unpaired) electrons. The van der Waals surface area contributed by atoms with Crippen molar-refractivity contribution < 1.29 is 22.9 Å². The van der Waals surface area contributed by atoms with E-state index in [4.69, 9.17) is 11.6 Å². The maximum absolute atomic E-state index is 14.5. The van der Waals surface area contributed by atoms with Gasteiger partial charge < -0.3 is 10.2 Å². The van der Waals surface area contributed by atoms with Gasteiger partial charge in [-0.2, -0.15) is 0 Å². The highest BCUT2D eigenvalue weighted by Crippen LogP contribution is 2.27. The fourth-order valence-corrected chi connectivity index (χ4v) is 6.41. The molecule has 4 aromatic rings. The van der Waals surface area contributed by atoms with Crippen molar-refractivity contribution >= 4 is 44.8 Å². The lowest BCUT2D eigenvalue weighted by Crippen LogP contribution is -2.53. The zero-order chi connectivity index (χ0) is 33.3. The summed E-state index contributed by atoms with van der Waals surface area (Å²) >= 11 is 6.51. The van der Waals surface area contributed by atoms with Crippen LogP contribution >= 0.6 is 11.6 Å². The Hall–Kier alpha value is -4.74. The number of halogens is 1. The number of nitrogens with one attached hydrogen (secondary N) is 1. The van der Waals surface area contributed by atoms with Crippen LogP contribution in [0.5, 0.6) is 0 Å². The number of amides is 2. The smallest absolute Gasteiger partial charge is 0.269 e. The van der Waals surface area contributed by atoms with E-state index in [1.54, 1.807) is 42.5 Å². The second-order valence-electron chi connectivity index (χ2n) is 11.1. The molecular weight excluding hydrogens is 628 g/mol. The molecule has 46 heavy (non-hydrogen) atoms. The molecule has 0 aliphatic carbocycles. The Balaban J connectivity index is 1.81. The molecule has 240 valence electrons. The van der Waals surface area contributed by atoms with E-state index in [0.29, 0.717) is 17.1 Å². The Morgan fingerprint density at radius 3 is 2.04 bits per heavy atom. The second kappa shape index (κ2) is 15.5. The van der Waals surface area contributed by atoms with Gasteiger partial charge in [-0.25, -0.2) is 8.42 Å². The van der Waals surface area contributed by atoms with Gasteiger partial charge in [0.15, 0.2) is 0 Å². The molecule has 0 bridgehead atoms. The quantitative estimate of drug-likeness (QED) is 0.133. The van der Waals surface area contributed by atoms with Crippen molar-refractivity contribution in [2.24, 2.45) is 5.92 Å². The Morgan fingerprint density at radius 2 is 1.46 bits per heavy atom. The zero-order valence-electron chi connectivity index (χ0n) is 25.5. The fourth-order valence-electron chi connectivity index (χ4n) is 4.78. The highest BCUT2D eigenvalue weighted by atomic mass is 35.5. The van der Waals surface area contributed by atoms with Crippen LogP contribution in [-0.2, 0) is 32.6 Å². The number of sulfonamides is 1. The lowest BCUT2D eigenvalue weighted by atomic mass is 10.0. The second-order valence-corrected chi connectivity index (χ2v) is 13.3. The largest absolute Gasteiger partial charge is 0.354 e. The lowest BCUT2D eigenvalue weighted by molar-refractivity contribution is -0.384. The van der Waals surface area contributed by atoms with Crippen LogP contribution in [0.4, 0.5) is 11.4 Å². The van der Waals surface area contributed by atoms with Crippen LogP contribution in [0, 0.1) is 16.0 Å². The standard InChI is InChI=1S/C34H35ClN4O6S/c1-25(2)22-36-34(41)32(21-26-11-5-3-6-12-26)37(23-27-13-9-10-16-31(27)35)33(40)24-38(28-17-19-29(20-18-28)39(42)43)46(44,45)30-14-7-4-8-15-30/h3-20,25,32H,21-24H2,1-2H3,(H,36,41). The maximum Gasteiger partial charge on any atom is 0.269 e. The van der Waals surface area contributed by atoms with Gasteiger partial charge in [0.05, 0.1) is 15.5 Å². The molecule has 12 heteroatoms. The Kier molecular flexibility index (Phi) is 11.5. The number of carbonyl (C=O) groups is 2. The molecule has 1 N–H and O–H groups in total. The minimum absolute atomic E-state index is 0.0457. The molecule has 1 atom stereocenters. The molecule has 0 aliphatic heterocycles. The summed E-state index contributed by atoms with van der Waals surface area (Å²) in [6.07, 6.45) is 0.157. The van der Waals surface area contributed by atoms with Crippen molar-refractivity contribution in [1.29, 1.82) is 0 Å². The maximum atomic E-state index is 14.5. The van der Waals surface area contributed by atoms with Gasteiger partial charge in [0.1, 0.15) is 12.6 Å². The van der Waals surface area contributed by atoms with Crippen molar-refractivity contribution in [3.63, 3.8) is 0 Å². The summed E-state index contributed by atoms with van der Waals surface area (Å²) < 4.78 is 28.9. The summed E-state index contributed by atoms with van der Waals surface area (Å²) in [7, 11) is -4.33. The molecule has 1 unspecified atom stereocenters. The van der Waals surface area contributed by atoms with Crippen molar-refractivity contribution in [3.05, 3.63) is 135 Å². The van der Waals surface area contributed by atoms with Gasteiger partial charge in [-0.15, -0.1) is 0 Å². The van der Waals surface area contributed by atoms with Gasteiger partial charge in [-0.05, 0) is 47.4 Å². The summed E-state index contributed by atoms with van der Waals surface area (Å²) in [5.41, 5.74) is 1.18. The van der Waals surface area contributed by atoms with Crippen molar-refractivity contribution in [2.45, 2.75) is 37.8 Å². The Labute approximate surface area is 273 Å². The molecule has 0 saturated carbocycles. The average Bonchev–Trinajstić information content (AvgIpc) is 3.05. The van der Waals surface area contributed by atoms with Crippen LogP contribution in [0.1, 0.15) is 25.0 Å². The van der Waals surface area contributed by atoms with Crippen LogP contribution in [0.25, 0.3) is 0 Å². The van der Waals surface area contributed by atoms with E-state index in [1.165, 1.54) is 41.3 Å². The topological polar surface area (TPSA) is 130 Å². The van der Waals surface area contributed by atoms with Crippen molar-refractivity contribution in [2.75, 3.05) is 17.4 Å². The molecule has 2 amide bonds. The lowest BCUT2D eigenvalue weighted by Gasteiger charge is -2.34. The molecule has 0 fully saturated rings. The van der Waals surface area contributed by atoms with E-state index in [9.17, 15) is 28.1 Å². The first-order valence-electron chi connectivity index (χ1n) is 14.6. The molecule has 0 spiro atoms. The number of nitrogens with zero attached hydrogens (tertiary/aromatic N) is 3. The highest BCUT2D eigenvalue weighted by Gasteiger charge is 2.35. The molecule has 0 saturated heterocycles. The third kappa shape index (κ3) is 8.70. The summed E-state index contributed by atoms with van der Waals surface area (Å²) in [5.74, 6) is -0.924. The number of hydrogen-bond acceptors (Lipinski definition) is 6. The van der Waals surface area contributed by atoms with Gasteiger partial charge >= 0.3 is 0 Å². The normalized spacial score (nSPS) is 11.9. The first-order valence-corrected chi connectivity index (χ1v) is 16.5. The number of anilines is 1. The number of carbonyl (C=O) groups excluding carboxylic acids is 2. The Bertz CT molecular complexity index is 1750. The van der Waals surface area contributed by atoms with Gasteiger partial charge in [-0.3, -0.25) is 24.0 Å². The van der Waals surface area contributed by atoms with Gasteiger partial charge in [0.2, 0.25) is 11.8 Å². The SMILES string of the molecule is CC(C)CNC(=O)C(Cc1ccccc1)N(Cc1ccccc1Cl)C(=O)CN(c1ccc([N+](=O)[O-])cc1)S(=O)(=O)c1ccccc1. The molecule has 0 aliphatic rings. The van der Waals surface area contributed by atoms with E-state index in [0.717, 1.165) is 9.87 Å².